The van der Waals surface area contributed by atoms with Crippen LogP contribution in [0.5, 0.6) is 0 Å². The van der Waals surface area contributed by atoms with Gasteiger partial charge in [-0.05, 0) is 52.1 Å². The normalized spacial score (nSPS) is 19.0. The minimum atomic E-state index is -0.196. The molecule has 0 aromatic heterocycles. The average Bonchev–Trinajstić information content (AvgIpc) is 2.76. The molecule has 1 aliphatic rings. The lowest BCUT2D eigenvalue weighted by Gasteiger charge is -2.23. The summed E-state index contributed by atoms with van der Waals surface area (Å²) in [4.78, 5) is 0. The van der Waals surface area contributed by atoms with Crippen molar-refractivity contribution in [3.63, 3.8) is 0 Å². The van der Waals surface area contributed by atoms with Crippen molar-refractivity contribution >= 4 is 12.9 Å². The maximum Gasteiger partial charge on any atom is 0.282 e. The second-order valence-electron chi connectivity index (χ2n) is 7.76. The molecular weight excluding hydrogens is 278 g/mol. The molecule has 23 heavy (non-hydrogen) atoms. The van der Waals surface area contributed by atoms with E-state index in [9.17, 15) is 0 Å². The van der Waals surface area contributed by atoms with Crippen molar-refractivity contribution < 1.29 is 0 Å². The summed E-state index contributed by atoms with van der Waals surface area (Å²) in [6.07, 6.45) is 3.05. The van der Waals surface area contributed by atoms with Crippen molar-refractivity contribution in [3.05, 3.63) is 58.7 Å². The molecule has 0 aliphatic heterocycles. The maximum absolute atomic E-state index is 4.16. The van der Waals surface area contributed by atoms with Crippen LogP contribution in [0, 0.1) is 0 Å². The van der Waals surface area contributed by atoms with E-state index in [4.69, 9.17) is 0 Å². The Balaban J connectivity index is 2.32. The van der Waals surface area contributed by atoms with Crippen LogP contribution in [0.4, 0.5) is 0 Å². The third-order valence-electron chi connectivity index (χ3n) is 5.14. The number of hydrogen-bond donors (Lipinski definition) is 0. The van der Waals surface area contributed by atoms with E-state index in [-0.39, 0.29) is 10.8 Å². The van der Waals surface area contributed by atoms with Gasteiger partial charge < -0.3 is 0 Å². The number of nitrogens with zero attached hydrogens (tertiary/aromatic N) is 1. The lowest BCUT2D eigenvalue weighted by Crippen LogP contribution is -2.24. The minimum Gasteiger partial charge on any atom is -0.113 e. The van der Waals surface area contributed by atoms with Crippen molar-refractivity contribution in [1.82, 2.24) is 4.67 Å². The zero-order valence-electron chi connectivity index (χ0n) is 14.9. The van der Waals surface area contributed by atoms with E-state index in [0.717, 1.165) is 6.42 Å². The van der Waals surface area contributed by atoms with Gasteiger partial charge in [0.15, 0.2) is 0 Å². The van der Waals surface area contributed by atoms with Crippen molar-refractivity contribution in [2.24, 2.45) is 0 Å². The van der Waals surface area contributed by atoms with Crippen LogP contribution in [0.1, 0.15) is 56.9 Å². The van der Waals surface area contributed by atoms with E-state index in [1.54, 1.807) is 0 Å². The van der Waals surface area contributed by atoms with Crippen LogP contribution in [0.2, 0.25) is 0 Å². The van der Waals surface area contributed by atoms with Crippen molar-refractivity contribution in [2.45, 2.75) is 51.9 Å². The molecule has 1 nitrogen and oxygen atoms in total. The molecule has 0 heterocycles. The number of fused-ring (bicyclic) bond motifs is 3. The first-order valence-electron chi connectivity index (χ1n) is 8.40. The molecule has 1 unspecified atom stereocenters. The monoisotopic (exact) mass is 304 g/mol. The number of rotatable bonds is 2. The van der Waals surface area contributed by atoms with Crippen LogP contribution in [0.25, 0.3) is 11.1 Å². The Morgan fingerprint density at radius 2 is 1.65 bits per heavy atom. The smallest absolute Gasteiger partial charge is 0.113 e. The van der Waals surface area contributed by atoms with Gasteiger partial charge in [0.2, 0.25) is 0 Å². The fourth-order valence-electron chi connectivity index (χ4n) is 3.62. The highest BCUT2D eigenvalue weighted by molar-refractivity contribution is 5.93. The molecule has 0 N–H and O–H groups in total. The Hall–Kier alpha value is -2.11. The van der Waals surface area contributed by atoms with Crippen LogP contribution >= 0.6 is 0 Å². The second-order valence-corrected chi connectivity index (χ2v) is 7.76. The second kappa shape index (κ2) is 5.22. The highest BCUT2D eigenvalue weighted by Gasteiger charge is 2.42. The average molecular weight is 304 g/mol. The number of benzene rings is 2. The summed E-state index contributed by atoms with van der Waals surface area (Å²) in [6, 6.07) is 13.8. The van der Waals surface area contributed by atoms with Crippen molar-refractivity contribution in [2.75, 3.05) is 0 Å². The van der Waals surface area contributed by atoms with E-state index in [0.29, 0.717) is 0 Å². The molecule has 0 radical (unpaired) electrons. The summed E-state index contributed by atoms with van der Waals surface area (Å²) >= 11 is 0. The molecule has 0 fully saturated rings. The summed E-state index contributed by atoms with van der Waals surface area (Å²) < 4.78 is 4.16. The fraction of sp³-hybridized carbons (Fsp3) is 0.364. The lowest BCUT2D eigenvalue weighted by molar-refractivity contribution is 0.588. The molecule has 0 saturated carbocycles. The van der Waals surface area contributed by atoms with Gasteiger partial charge in [-0.2, -0.15) is 0 Å². The fourth-order valence-corrected chi connectivity index (χ4v) is 3.62. The van der Waals surface area contributed by atoms with E-state index in [1.807, 2.05) is 6.21 Å². The third-order valence-corrected chi connectivity index (χ3v) is 5.14. The van der Waals surface area contributed by atoms with E-state index >= 15 is 0 Å². The van der Waals surface area contributed by atoms with E-state index in [2.05, 4.69) is 82.4 Å². The molecule has 2 aromatic carbocycles. The molecule has 0 saturated heterocycles. The summed E-state index contributed by atoms with van der Waals surface area (Å²) in [5.41, 5.74) is 8.04. The standard InChI is InChI=1S/C22H26N/c1-7-15-8-10-17-18-11-9-16(21(2,3)4)13-20(18)22(5,14-23-6)19(17)12-15/h8-14H,6-7H2,1-5H3/q+1. The van der Waals surface area contributed by atoms with Crippen LogP contribution in [0.3, 0.4) is 0 Å². The SMILES string of the molecule is C=[N+]=CC1(C)c2cc(CC)ccc2-c2ccc(C(C)(C)C)cc21. The Kier molecular flexibility index (Phi) is 3.58. The van der Waals surface area contributed by atoms with Crippen LogP contribution in [-0.2, 0) is 17.3 Å². The Labute approximate surface area is 139 Å². The molecule has 0 bridgehead atoms. The van der Waals surface area contributed by atoms with Gasteiger partial charge in [-0.3, -0.25) is 0 Å². The topological polar surface area (TPSA) is 14.1 Å². The first-order valence-corrected chi connectivity index (χ1v) is 8.40. The lowest BCUT2D eigenvalue weighted by atomic mass is 9.78. The van der Waals surface area contributed by atoms with Crippen LogP contribution < -0.4 is 4.67 Å². The highest BCUT2D eigenvalue weighted by atomic mass is 14.6. The van der Waals surface area contributed by atoms with E-state index < -0.39 is 0 Å². The van der Waals surface area contributed by atoms with Gasteiger partial charge in [0, 0.05) is 0 Å². The first kappa shape index (κ1) is 15.8. The number of hydrogen-bond acceptors (Lipinski definition) is 0. The zero-order chi connectivity index (χ0) is 16.8. The zero-order valence-corrected chi connectivity index (χ0v) is 14.9. The van der Waals surface area contributed by atoms with Gasteiger partial charge in [-0.25, -0.2) is 0 Å². The van der Waals surface area contributed by atoms with Gasteiger partial charge in [0.05, 0.1) is 0 Å². The van der Waals surface area contributed by atoms with Crippen molar-refractivity contribution in [3.8, 4) is 11.1 Å². The molecule has 0 amide bonds. The molecule has 1 aliphatic carbocycles. The van der Waals surface area contributed by atoms with Gasteiger partial charge in [-0.15, -0.1) is 4.67 Å². The molecule has 3 rings (SSSR count). The summed E-state index contributed by atoms with van der Waals surface area (Å²) in [5, 5.41) is 0. The predicted molar refractivity (Wildman–Crippen MR) is 102 cm³/mol. The van der Waals surface area contributed by atoms with Crippen molar-refractivity contribution in [1.29, 1.82) is 0 Å². The molecule has 118 valence electrons. The maximum atomic E-state index is 4.16. The minimum absolute atomic E-state index is 0.140. The molecule has 0 spiro atoms. The largest absolute Gasteiger partial charge is 0.282 e. The third kappa shape index (κ3) is 2.36. The van der Waals surface area contributed by atoms with E-state index in [1.165, 1.54) is 33.4 Å². The summed E-state index contributed by atoms with van der Waals surface area (Å²) in [7, 11) is 0. The molecular formula is C22H26N+. The molecule has 2 aromatic rings. The molecule has 1 heteroatoms. The summed E-state index contributed by atoms with van der Waals surface area (Å²) in [6.45, 7) is 15.0. The van der Waals surface area contributed by atoms with Gasteiger partial charge in [-0.1, -0.05) is 64.1 Å². The molecule has 1 atom stereocenters. The quantitative estimate of drug-likeness (QED) is 0.565. The predicted octanol–water partition coefficient (Wildman–Crippen LogP) is 4.67. The highest BCUT2D eigenvalue weighted by Crippen LogP contribution is 2.49. The van der Waals surface area contributed by atoms with Gasteiger partial charge in [0.1, 0.15) is 5.41 Å². The Morgan fingerprint density at radius 3 is 2.22 bits per heavy atom. The van der Waals surface area contributed by atoms with Crippen LogP contribution in [0.15, 0.2) is 36.4 Å². The van der Waals surface area contributed by atoms with Gasteiger partial charge >= 0.3 is 0 Å². The Bertz CT molecular complexity index is 816. The first-order chi connectivity index (χ1) is 10.8. The number of aryl methyl sites for hydroxylation is 1. The van der Waals surface area contributed by atoms with Gasteiger partial charge in [0.25, 0.3) is 12.9 Å². The van der Waals surface area contributed by atoms with Crippen LogP contribution in [-0.4, -0.2) is 12.9 Å². The summed E-state index contributed by atoms with van der Waals surface area (Å²) in [5.74, 6) is 0. The Morgan fingerprint density at radius 1 is 1.04 bits per heavy atom.